The Balaban J connectivity index is 1.70. The van der Waals surface area contributed by atoms with Crippen molar-refractivity contribution in [3.8, 4) is 0 Å². The molecule has 0 aliphatic carbocycles. The third kappa shape index (κ3) is 2.79. The van der Waals surface area contributed by atoms with Gasteiger partial charge >= 0.3 is 0 Å². The lowest BCUT2D eigenvalue weighted by atomic mass is 9.86. The van der Waals surface area contributed by atoms with E-state index in [0.717, 1.165) is 11.8 Å². The van der Waals surface area contributed by atoms with E-state index in [1.807, 2.05) is 0 Å². The Morgan fingerprint density at radius 2 is 1.90 bits per heavy atom. The van der Waals surface area contributed by atoms with E-state index in [1.165, 1.54) is 55.7 Å². The van der Waals surface area contributed by atoms with Crippen LogP contribution in [0.2, 0.25) is 0 Å². The number of rotatable bonds is 2. The Kier molecular flexibility index (Phi) is 3.91. The van der Waals surface area contributed by atoms with Gasteiger partial charge in [0.25, 0.3) is 0 Å². The lowest BCUT2D eigenvalue weighted by Crippen LogP contribution is -2.35. The van der Waals surface area contributed by atoms with Gasteiger partial charge in [-0.3, -0.25) is 0 Å². The van der Waals surface area contributed by atoms with E-state index in [-0.39, 0.29) is 0 Å². The molecule has 2 heterocycles. The van der Waals surface area contributed by atoms with Crippen LogP contribution in [0, 0.1) is 11.8 Å². The van der Waals surface area contributed by atoms with Crippen LogP contribution in [-0.2, 0) is 6.42 Å². The monoisotopic (exact) mass is 272 g/mol. The highest BCUT2D eigenvalue weighted by atomic mass is 15.1. The van der Waals surface area contributed by atoms with Crippen LogP contribution in [0.15, 0.2) is 18.2 Å². The Bertz CT molecular complexity index is 458. The Labute approximate surface area is 123 Å². The molecule has 20 heavy (non-hydrogen) atoms. The van der Waals surface area contributed by atoms with Crippen LogP contribution in [-0.4, -0.2) is 19.1 Å². The molecule has 0 amide bonds. The second-order valence-corrected chi connectivity index (χ2v) is 6.99. The summed E-state index contributed by atoms with van der Waals surface area (Å²) in [6.45, 7) is 9.46. The highest BCUT2D eigenvalue weighted by Crippen LogP contribution is 2.32. The van der Waals surface area contributed by atoms with Crippen LogP contribution in [0.4, 0.5) is 11.4 Å². The molecule has 0 radical (unpaired) electrons. The molecule has 1 aromatic carbocycles. The summed E-state index contributed by atoms with van der Waals surface area (Å²) in [5.41, 5.74) is 4.29. The minimum atomic E-state index is 0.620. The van der Waals surface area contributed by atoms with E-state index in [2.05, 4.69) is 49.2 Å². The van der Waals surface area contributed by atoms with Gasteiger partial charge in [-0.05, 0) is 68.2 Å². The summed E-state index contributed by atoms with van der Waals surface area (Å²) in [6.07, 6.45) is 5.18. The number of benzene rings is 1. The van der Waals surface area contributed by atoms with Crippen molar-refractivity contribution >= 4 is 11.4 Å². The highest BCUT2D eigenvalue weighted by molar-refractivity contribution is 5.62. The summed E-state index contributed by atoms with van der Waals surface area (Å²) >= 11 is 0. The fraction of sp³-hybridized carbons (Fsp3) is 0.667. The minimum Gasteiger partial charge on any atom is -0.382 e. The van der Waals surface area contributed by atoms with E-state index < -0.39 is 0 Å². The average molecular weight is 272 g/mol. The number of piperidine rings is 1. The number of nitrogens with one attached hydrogen (secondary N) is 1. The molecule has 1 fully saturated rings. The molecule has 1 N–H and O–H groups in total. The molecule has 2 nitrogen and oxygen atoms in total. The molecule has 1 atom stereocenters. The number of hydrogen-bond acceptors (Lipinski definition) is 2. The van der Waals surface area contributed by atoms with Crippen LogP contribution in [0.3, 0.4) is 0 Å². The molecule has 0 saturated carbocycles. The first-order valence-electron chi connectivity index (χ1n) is 8.28. The van der Waals surface area contributed by atoms with E-state index >= 15 is 0 Å². The maximum absolute atomic E-state index is 3.59. The zero-order valence-electron chi connectivity index (χ0n) is 13.2. The van der Waals surface area contributed by atoms with Crippen LogP contribution in [0.25, 0.3) is 0 Å². The molecule has 3 rings (SSSR count). The van der Waals surface area contributed by atoms with Gasteiger partial charge in [0.05, 0.1) is 0 Å². The van der Waals surface area contributed by atoms with Crippen LogP contribution >= 0.6 is 0 Å². The van der Waals surface area contributed by atoms with Crippen molar-refractivity contribution in [2.45, 2.75) is 52.5 Å². The van der Waals surface area contributed by atoms with Crippen LogP contribution in [0.1, 0.15) is 45.6 Å². The molecule has 0 aromatic heterocycles. The first-order chi connectivity index (χ1) is 9.63. The van der Waals surface area contributed by atoms with E-state index in [0.29, 0.717) is 6.04 Å². The van der Waals surface area contributed by atoms with Crippen molar-refractivity contribution in [1.29, 1.82) is 0 Å². The van der Waals surface area contributed by atoms with Gasteiger partial charge in [-0.2, -0.15) is 0 Å². The molecular weight excluding hydrogens is 244 g/mol. The SMILES string of the molecule is CC1CCc2cc(N3CCC(C(C)C)CC3)ccc2N1. The Morgan fingerprint density at radius 1 is 1.15 bits per heavy atom. The molecule has 0 spiro atoms. The first-order valence-corrected chi connectivity index (χ1v) is 8.28. The smallest absolute Gasteiger partial charge is 0.0376 e. The van der Waals surface area contributed by atoms with Crippen LogP contribution in [0.5, 0.6) is 0 Å². The minimum absolute atomic E-state index is 0.620. The quantitative estimate of drug-likeness (QED) is 0.863. The fourth-order valence-electron chi connectivity index (χ4n) is 3.66. The van der Waals surface area contributed by atoms with Crippen molar-refractivity contribution in [3.05, 3.63) is 23.8 Å². The number of anilines is 2. The maximum Gasteiger partial charge on any atom is 0.0376 e. The second kappa shape index (κ2) is 5.67. The zero-order valence-corrected chi connectivity index (χ0v) is 13.2. The van der Waals surface area contributed by atoms with Crippen molar-refractivity contribution in [2.75, 3.05) is 23.3 Å². The standard InChI is InChI=1S/C18H28N2/c1-13(2)15-8-10-20(11-9-15)17-6-7-18-16(12-17)5-4-14(3)19-18/h6-7,12-15,19H,4-5,8-11H2,1-3H3. The van der Waals surface area contributed by atoms with Crippen molar-refractivity contribution in [1.82, 2.24) is 0 Å². The van der Waals surface area contributed by atoms with Gasteiger partial charge in [0.2, 0.25) is 0 Å². The molecule has 2 heteroatoms. The predicted molar refractivity (Wildman–Crippen MR) is 87.6 cm³/mol. The van der Waals surface area contributed by atoms with Crippen molar-refractivity contribution in [2.24, 2.45) is 11.8 Å². The summed E-state index contributed by atoms with van der Waals surface area (Å²) < 4.78 is 0. The Morgan fingerprint density at radius 3 is 2.60 bits per heavy atom. The number of hydrogen-bond donors (Lipinski definition) is 1. The summed E-state index contributed by atoms with van der Waals surface area (Å²) in [4.78, 5) is 2.58. The zero-order chi connectivity index (χ0) is 14.1. The first kappa shape index (κ1) is 13.8. The molecule has 1 saturated heterocycles. The number of fused-ring (bicyclic) bond motifs is 1. The largest absolute Gasteiger partial charge is 0.382 e. The lowest BCUT2D eigenvalue weighted by Gasteiger charge is -2.36. The van der Waals surface area contributed by atoms with E-state index in [9.17, 15) is 0 Å². The van der Waals surface area contributed by atoms with Gasteiger partial charge < -0.3 is 10.2 Å². The van der Waals surface area contributed by atoms with E-state index in [4.69, 9.17) is 0 Å². The molecular formula is C18H28N2. The molecule has 2 aliphatic rings. The van der Waals surface area contributed by atoms with Gasteiger partial charge in [-0.25, -0.2) is 0 Å². The predicted octanol–water partition coefficient (Wildman–Crippen LogP) is 4.31. The third-order valence-corrected chi connectivity index (χ3v) is 5.18. The molecule has 0 bridgehead atoms. The van der Waals surface area contributed by atoms with Crippen LogP contribution < -0.4 is 10.2 Å². The molecule has 1 aromatic rings. The topological polar surface area (TPSA) is 15.3 Å². The van der Waals surface area contributed by atoms with E-state index in [1.54, 1.807) is 0 Å². The normalized spacial score (nSPS) is 23.6. The fourth-order valence-corrected chi connectivity index (χ4v) is 3.66. The average Bonchev–Trinajstić information content (AvgIpc) is 2.47. The number of aryl methyl sites for hydroxylation is 1. The third-order valence-electron chi connectivity index (χ3n) is 5.18. The maximum atomic E-state index is 3.59. The summed E-state index contributed by atoms with van der Waals surface area (Å²) in [5, 5.41) is 3.59. The second-order valence-electron chi connectivity index (χ2n) is 6.99. The van der Waals surface area contributed by atoms with Crippen molar-refractivity contribution < 1.29 is 0 Å². The Hall–Kier alpha value is -1.18. The van der Waals surface area contributed by atoms with Gasteiger partial charge in [0.15, 0.2) is 0 Å². The summed E-state index contributed by atoms with van der Waals surface area (Å²) in [6, 6.07) is 7.63. The number of nitrogens with zero attached hydrogens (tertiary/aromatic N) is 1. The summed E-state index contributed by atoms with van der Waals surface area (Å²) in [5.74, 6) is 1.76. The van der Waals surface area contributed by atoms with Gasteiger partial charge in [0.1, 0.15) is 0 Å². The molecule has 110 valence electrons. The lowest BCUT2D eigenvalue weighted by molar-refractivity contribution is 0.311. The summed E-state index contributed by atoms with van der Waals surface area (Å²) in [7, 11) is 0. The highest BCUT2D eigenvalue weighted by Gasteiger charge is 2.22. The van der Waals surface area contributed by atoms with Gasteiger partial charge in [-0.15, -0.1) is 0 Å². The van der Waals surface area contributed by atoms with Crippen molar-refractivity contribution in [3.63, 3.8) is 0 Å². The molecule has 2 aliphatic heterocycles. The molecule has 1 unspecified atom stereocenters. The van der Waals surface area contributed by atoms with Gasteiger partial charge in [-0.1, -0.05) is 13.8 Å². The van der Waals surface area contributed by atoms with Gasteiger partial charge in [0, 0.05) is 30.5 Å².